The number of rotatable bonds is 9. The lowest BCUT2D eigenvalue weighted by molar-refractivity contribution is -0.149. The number of Topliss-reactive ketones (excluding diaryl/α,β-unsaturated/α-hetero) is 1. The van der Waals surface area contributed by atoms with Crippen LogP contribution in [0, 0.1) is 0 Å². The number of hydrogen-bond acceptors (Lipinski definition) is 15. The summed E-state index contributed by atoms with van der Waals surface area (Å²) in [5, 5.41) is 0. The second-order valence-corrected chi connectivity index (χ2v) is 11.1. The molecule has 0 amide bonds. The maximum atomic E-state index is 13.9. The standard InChI is InChI=1S/C35H32O15/c1-16(36)43-15-30-33(21-7-9-24(45-18(3)38)26(11-21)42-6)49-27-12-22(8-10-25(27)48-30)34-35(47-20(5)40)32(41)31-28(46-19(4)39)13-23(44-17(2)37)14-29(31)50-34/h7-14,30,33-35H,15H2,1-6H3/t30-,33?,34-,35?/m1/s1. The first-order valence-electron chi connectivity index (χ1n) is 15.1. The molecular formula is C35H32O15. The smallest absolute Gasteiger partial charge is 0.308 e. The third kappa shape index (κ3) is 7.77. The Morgan fingerprint density at radius 3 is 1.90 bits per heavy atom. The minimum absolute atomic E-state index is 0.0658. The normalized spacial score (nSPS) is 18.8. The molecule has 50 heavy (non-hydrogen) atoms. The average Bonchev–Trinajstić information content (AvgIpc) is 3.03. The van der Waals surface area contributed by atoms with Gasteiger partial charge in [-0.15, -0.1) is 0 Å². The van der Waals surface area contributed by atoms with Crippen LogP contribution in [-0.4, -0.2) is 61.6 Å². The maximum absolute atomic E-state index is 13.9. The van der Waals surface area contributed by atoms with Gasteiger partial charge in [0.25, 0.3) is 0 Å². The number of benzene rings is 3. The lowest BCUT2D eigenvalue weighted by atomic mass is 9.92. The zero-order valence-electron chi connectivity index (χ0n) is 27.8. The molecule has 0 saturated carbocycles. The third-order valence-electron chi connectivity index (χ3n) is 7.27. The van der Waals surface area contributed by atoms with E-state index in [2.05, 4.69) is 0 Å². The van der Waals surface area contributed by atoms with Gasteiger partial charge in [0.15, 0.2) is 41.3 Å². The van der Waals surface area contributed by atoms with E-state index in [0.717, 1.165) is 13.8 Å². The molecule has 2 unspecified atom stereocenters. The molecule has 0 N–H and O–H groups in total. The fourth-order valence-corrected chi connectivity index (χ4v) is 5.41. The number of carbonyl (C=O) groups excluding carboxylic acids is 6. The van der Waals surface area contributed by atoms with Gasteiger partial charge in [0.2, 0.25) is 11.9 Å². The number of methoxy groups -OCH3 is 1. The fraction of sp³-hybridized carbons (Fsp3) is 0.314. The number of ketones is 1. The Bertz CT molecular complexity index is 1880. The molecule has 0 aliphatic carbocycles. The number of carbonyl (C=O) groups is 6. The van der Waals surface area contributed by atoms with Gasteiger partial charge >= 0.3 is 29.8 Å². The largest absolute Gasteiger partial charge is 0.493 e. The van der Waals surface area contributed by atoms with Crippen molar-refractivity contribution in [1.29, 1.82) is 0 Å². The Hall–Kier alpha value is -6.12. The summed E-state index contributed by atoms with van der Waals surface area (Å²) >= 11 is 0. The Balaban J connectivity index is 1.56. The van der Waals surface area contributed by atoms with Gasteiger partial charge in [0, 0.05) is 57.9 Å². The van der Waals surface area contributed by atoms with Gasteiger partial charge in [-0.25, -0.2) is 0 Å². The predicted octanol–water partition coefficient (Wildman–Crippen LogP) is 4.16. The average molecular weight is 693 g/mol. The summed E-state index contributed by atoms with van der Waals surface area (Å²) < 4.78 is 50.6. The zero-order chi connectivity index (χ0) is 36.3. The van der Waals surface area contributed by atoms with Crippen LogP contribution in [0.3, 0.4) is 0 Å². The molecule has 4 atom stereocenters. The number of esters is 5. The van der Waals surface area contributed by atoms with Crippen LogP contribution in [0.2, 0.25) is 0 Å². The van der Waals surface area contributed by atoms with Gasteiger partial charge in [0.05, 0.1) is 7.11 Å². The van der Waals surface area contributed by atoms with Crippen LogP contribution in [0.25, 0.3) is 0 Å². The molecule has 2 aliphatic rings. The van der Waals surface area contributed by atoms with E-state index in [1.54, 1.807) is 24.3 Å². The molecule has 3 aromatic carbocycles. The van der Waals surface area contributed by atoms with E-state index in [9.17, 15) is 28.8 Å². The molecule has 15 nitrogen and oxygen atoms in total. The first-order chi connectivity index (χ1) is 23.7. The van der Waals surface area contributed by atoms with Crippen molar-refractivity contribution in [3.8, 4) is 40.2 Å². The van der Waals surface area contributed by atoms with Crippen molar-refractivity contribution in [2.75, 3.05) is 13.7 Å². The third-order valence-corrected chi connectivity index (χ3v) is 7.27. The van der Waals surface area contributed by atoms with Crippen LogP contribution in [0.1, 0.15) is 68.3 Å². The molecule has 0 fully saturated rings. The Labute approximate surface area is 285 Å². The highest BCUT2D eigenvalue weighted by Crippen LogP contribution is 2.47. The summed E-state index contributed by atoms with van der Waals surface area (Å²) in [5.41, 5.74) is 0.623. The van der Waals surface area contributed by atoms with Gasteiger partial charge in [-0.2, -0.15) is 0 Å². The lowest BCUT2D eigenvalue weighted by Gasteiger charge is -2.36. The van der Waals surface area contributed by atoms with Crippen molar-refractivity contribution < 1.29 is 71.4 Å². The highest BCUT2D eigenvalue weighted by atomic mass is 16.6. The highest BCUT2D eigenvalue weighted by molar-refractivity contribution is 6.07. The van der Waals surface area contributed by atoms with E-state index in [1.807, 2.05) is 0 Å². The van der Waals surface area contributed by atoms with E-state index >= 15 is 0 Å². The van der Waals surface area contributed by atoms with Gasteiger partial charge in [0.1, 0.15) is 29.4 Å². The zero-order valence-corrected chi connectivity index (χ0v) is 27.8. The topological polar surface area (TPSA) is 185 Å². The van der Waals surface area contributed by atoms with Crippen molar-refractivity contribution in [1.82, 2.24) is 0 Å². The lowest BCUT2D eigenvalue weighted by Crippen LogP contribution is -2.40. The molecule has 0 aromatic heterocycles. The minimum Gasteiger partial charge on any atom is -0.493 e. The van der Waals surface area contributed by atoms with Crippen LogP contribution in [0.5, 0.6) is 40.2 Å². The molecular weight excluding hydrogens is 660 g/mol. The van der Waals surface area contributed by atoms with Crippen molar-refractivity contribution in [2.24, 2.45) is 0 Å². The van der Waals surface area contributed by atoms with E-state index in [1.165, 1.54) is 52.1 Å². The number of ether oxygens (including phenoxy) is 9. The number of fused-ring (bicyclic) bond motifs is 2. The van der Waals surface area contributed by atoms with Crippen molar-refractivity contribution in [3.05, 3.63) is 65.2 Å². The second kappa shape index (κ2) is 14.6. The SMILES string of the molecule is COc1cc(C2Oc3cc([C@H]4Oc5cc(OC(C)=O)cc(OC(C)=O)c5C(=O)C4OC(C)=O)ccc3O[C@@H]2COC(C)=O)ccc1OC(C)=O. The second-order valence-electron chi connectivity index (χ2n) is 11.1. The summed E-state index contributed by atoms with van der Waals surface area (Å²) in [6.45, 7) is 5.73. The number of hydrogen-bond donors (Lipinski definition) is 0. The molecule has 2 heterocycles. The Kier molecular flexibility index (Phi) is 10.2. The molecule has 15 heteroatoms. The Morgan fingerprint density at radius 1 is 0.620 bits per heavy atom. The first-order valence-corrected chi connectivity index (χ1v) is 15.1. The van der Waals surface area contributed by atoms with Crippen LogP contribution >= 0.6 is 0 Å². The summed E-state index contributed by atoms with van der Waals surface area (Å²) in [7, 11) is 1.40. The van der Waals surface area contributed by atoms with Crippen LogP contribution < -0.4 is 33.2 Å². The molecule has 0 spiro atoms. The van der Waals surface area contributed by atoms with Crippen LogP contribution in [0.15, 0.2) is 48.5 Å². The fourth-order valence-electron chi connectivity index (χ4n) is 5.41. The van der Waals surface area contributed by atoms with E-state index in [4.69, 9.17) is 42.6 Å². The van der Waals surface area contributed by atoms with E-state index < -0.39 is 60.0 Å². The van der Waals surface area contributed by atoms with Crippen molar-refractivity contribution >= 4 is 35.6 Å². The van der Waals surface area contributed by atoms with E-state index in [-0.39, 0.29) is 52.4 Å². The summed E-state index contributed by atoms with van der Waals surface area (Å²) in [5.74, 6) is -3.66. The van der Waals surface area contributed by atoms with Crippen molar-refractivity contribution in [2.45, 2.75) is 59.0 Å². The quantitative estimate of drug-likeness (QED) is 0.230. The van der Waals surface area contributed by atoms with Gasteiger partial charge in [-0.1, -0.05) is 12.1 Å². The highest BCUT2D eigenvalue weighted by Gasteiger charge is 2.44. The molecule has 0 radical (unpaired) electrons. The molecule has 0 saturated heterocycles. The summed E-state index contributed by atoms with van der Waals surface area (Å²) in [4.78, 5) is 73.0. The van der Waals surface area contributed by atoms with Gasteiger partial charge < -0.3 is 42.6 Å². The summed E-state index contributed by atoms with van der Waals surface area (Å²) in [6.07, 6.45) is -4.53. The maximum Gasteiger partial charge on any atom is 0.308 e. The van der Waals surface area contributed by atoms with Crippen LogP contribution in [0.4, 0.5) is 0 Å². The first kappa shape index (κ1) is 35.2. The molecule has 2 aliphatic heterocycles. The summed E-state index contributed by atoms with van der Waals surface area (Å²) in [6, 6.07) is 11.8. The molecule has 262 valence electrons. The Morgan fingerprint density at radius 2 is 1.26 bits per heavy atom. The molecule has 5 rings (SSSR count). The monoisotopic (exact) mass is 692 g/mol. The minimum atomic E-state index is -1.54. The van der Waals surface area contributed by atoms with Crippen molar-refractivity contribution in [3.63, 3.8) is 0 Å². The van der Waals surface area contributed by atoms with Gasteiger partial charge in [-0.3, -0.25) is 28.8 Å². The van der Waals surface area contributed by atoms with Crippen LogP contribution in [-0.2, 0) is 33.4 Å². The van der Waals surface area contributed by atoms with E-state index in [0.29, 0.717) is 11.1 Å². The molecule has 3 aromatic rings. The van der Waals surface area contributed by atoms with Gasteiger partial charge in [-0.05, 0) is 24.3 Å². The molecule has 0 bridgehead atoms. The predicted molar refractivity (Wildman–Crippen MR) is 167 cm³/mol.